The van der Waals surface area contributed by atoms with Crippen LogP contribution in [0.1, 0.15) is 18.6 Å². The summed E-state index contributed by atoms with van der Waals surface area (Å²) in [5, 5.41) is 7.27. The number of hydrogen-bond donors (Lipinski definition) is 2. The standard InChI is InChI=1S/C21H23N5O4/c1-13-11-17(25-30-13)23-19(27)12-29-16-4-2-3-14-5-6-18(24-20(14)16)26-9-7-15(8-10-26)21(22)28/h2-6,11,15H,7-10,12H2,1H3,(H2,22,28)(H,23,25,27). The van der Waals surface area contributed by atoms with Crippen LogP contribution < -0.4 is 20.7 Å². The maximum Gasteiger partial charge on any atom is 0.263 e. The highest BCUT2D eigenvalue weighted by atomic mass is 16.5. The van der Waals surface area contributed by atoms with Crippen molar-refractivity contribution in [1.82, 2.24) is 10.1 Å². The Morgan fingerprint density at radius 3 is 2.77 bits per heavy atom. The van der Waals surface area contributed by atoms with Gasteiger partial charge in [0, 0.05) is 30.5 Å². The number of rotatable bonds is 6. The van der Waals surface area contributed by atoms with E-state index in [2.05, 4.69) is 15.4 Å². The number of carbonyl (C=O) groups is 2. The third-order valence-electron chi connectivity index (χ3n) is 5.14. The van der Waals surface area contributed by atoms with Crippen LogP contribution in [-0.2, 0) is 9.59 Å². The maximum atomic E-state index is 12.1. The molecule has 9 nitrogen and oxygen atoms in total. The van der Waals surface area contributed by atoms with Gasteiger partial charge >= 0.3 is 0 Å². The van der Waals surface area contributed by atoms with Crippen LogP contribution in [0.4, 0.5) is 11.6 Å². The summed E-state index contributed by atoms with van der Waals surface area (Å²) in [7, 11) is 0. The number of aryl methyl sites for hydroxylation is 1. The molecule has 1 saturated heterocycles. The Bertz CT molecular complexity index is 1070. The second-order valence-electron chi connectivity index (χ2n) is 7.32. The Balaban J connectivity index is 1.46. The number of ether oxygens (including phenoxy) is 1. The van der Waals surface area contributed by atoms with Gasteiger partial charge in [-0.25, -0.2) is 4.98 Å². The molecule has 0 saturated carbocycles. The number of primary amides is 1. The van der Waals surface area contributed by atoms with Crippen LogP contribution in [0.5, 0.6) is 5.75 Å². The van der Waals surface area contributed by atoms with Gasteiger partial charge in [-0.2, -0.15) is 0 Å². The molecule has 0 bridgehead atoms. The fourth-order valence-electron chi connectivity index (χ4n) is 3.54. The van der Waals surface area contributed by atoms with Gasteiger partial charge in [-0.05, 0) is 38.0 Å². The number of piperidine rings is 1. The Morgan fingerprint density at radius 1 is 1.27 bits per heavy atom. The predicted molar refractivity (Wildman–Crippen MR) is 111 cm³/mol. The molecule has 9 heteroatoms. The lowest BCUT2D eigenvalue weighted by molar-refractivity contribution is -0.122. The summed E-state index contributed by atoms with van der Waals surface area (Å²) in [4.78, 5) is 30.4. The van der Waals surface area contributed by atoms with E-state index in [1.54, 1.807) is 19.1 Å². The fraction of sp³-hybridized carbons (Fsp3) is 0.333. The van der Waals surface area contributed by atoms with Gasteiger partial charge in [0.05, 0.1) is 0 Å². The third kappa shape index (κ3) is 4.35. The fourth-order valence-corrected chi connectivity index (χ4v) is 3.54. The number of fused-ring (bicyclic) bond motifs is 1. The average Bonchev–Trinajstić information content (AvgIpc) is 3.16. The summed E-state index contributed by atoms with van der Waals surface area (Å²) in [6, 6.07) is 11.1. The Morgan fingerprint density at radius 2 is 2.07 bits per heavy atom. The monoisotopic (exact) mass is 409 g/mol. The van der Waals surface area contributed by atoms with Crippen molar-refractivity contribution in [2.45, 2.75) is 19.8 Å². The Labute approximate surface area is 173 Å². The smallest absolute Gasteiger partial charge is 0.263 e. The second-order valence-corrected chi connectivity index (χ2v) is 7.32. The van der Waals surface area contributed by atoms with Gasteiger partial charge in [0.2, 0.25) is 5.91 Å². The van der Waals surface area contributed by atoms with E-state index >= 15 is 0 Å². The van der Waals surface area contributed by atoms with E-state index in [-0.39, 0.29) is 24.3 Å². The van der Waals surface area contributed by atoms with Crippen molar-refractivity contribution in [3.8, 4) is 5.75 Å². The summed E-state index contributed by atoms with van der Waals surface area (Å²) in [6.07, 6.45) is 1.43. The molecule has 3 N–H and O–H groups in total. The number of aromatic nitrogens is 2. The number of benzene rings is 1. The Hall–Kier alpha value is -3.62. The minimum Gasteiger partial charge on any atom is -0.481 e. The van der Waals surface area contributed by atoms with Gasteiger partial charge in [-0.3, -0.25) is 9.59 Å². The lowest BCUT2D eigenvalue weighted by atomic mass is 9.96. The first-order chi connectivity index (χ1) is 14.5. The van der Waals surface area contributed by atoms with E-state index in [9.17, 15) is 9.59 Å². The van der Waals surface area contributed by atoms with Crippen LogP contribution >= 0.6 is 0 Å². The first-order valence-corrected chi connectivity index (χ1v) is 9.79. The van der Waals surface area contributed by atoms with Crippen LogP contribution in [0, 0.1) is 12.8 Å². The SMILES string of the molecule is Cc1cc(NC(=O)COc2cccc3ccc(N4CCC(C(N)=O)CC4)nc23)no1. The third-order valence-corrected chi connectivity index (χ3v) is 5.14. The van der Waals surface area contributed by atoms with Crippen molar-refractivity contribution < 1.29 is 18.8 Å². The molecule has 1 fully saturated rings. The zero-order chi connectivity index (χ0) is 21.1. The van der Waals surface area contributed by atoms with Crippen LogP contribution in [0.25, 0.3) is 10.9 Å². The van der Waals surface area contributed by atoms with E-state index in [1.165, 1.54) is 0 Å². The lowest BCUT2D eigenvalue weighted by Crippen LogP contribution is -2.38. The van der Waals surface area contributed by atoms with Crippen LogP contribution in [0.3, 0.4) is 0 Å². The lowest BCUT2D eigenvalue weighted by Gasteiger charge is -2.31. The van der Waals surface area contributed by atoms with Crippen molar-refractivity contribution in [3.05, 3.63) is 42.2 Å². The average molecular weight is 409 g/mol. The van der Waals surface area contributed by atoms with Gasteiger partial charge in [0.15, 0.2) is 12.4 Å². The molecule has 1 aliphatic heterocycles. The number of carbonyl (C=O) groups excluding carboxylic acids is 2. The number of nitrogens with two attached hydrogens (primary N) is 1. The van der Waals surface area contributed by atoms with Gasteiger partial charge in [0.1, 0.15) is 22.8 Å². The van der Waals surface area contributed by atoms with Crippen molar-refractivity contribution in [1.29, 1.82) is 0 Å². The minimum absolute atomic E-state index is 0.0763. The number of anilines is 2. The van der Waals surface area contributed by atoms with Gasteiger partial charge in [0.25, 0.3) is 5.91 Å². The van der Waals surface area contributed by atoms with Gasteiger partial charge < -0.3 is 25.2 Å². The molecule has 0 aliphatic carbocycles. The number of pyridine rings is 1. The van der Waals surface area contributed by atoms with Crippen LogP contribution in [0.2, 0.25) is 0 Å². The van der Waals surface area contributed by atoms with Crippen molar-refractivity contribution in [2.75, 3.05) is 29.9 Å². The number of amides is 2. The zero-order valence-electron chi connectivity index (χ0n) is 16.6. The minimum atomic E-state index is -0.343. The highest BCUT2D eigenvalue weighted by molar-refractivity contribution is 5.91. The number of nitrogens with zero attached hydrogens (tertiary/aromatic N) is 3. The molecule has 2 amide bonds. The number of nitrogens with one attached hydrogen (secondary N) is 1. The summed E-state index contributed by atoms with van der Waals surface area (Å²) < 4.78 is 10.7. The Kier molecular flexibility index (Phi) is 5.51. The van der Waals surface area contributed by atoms with Crippen molar-refractivity contribution in [3.63, 3.8) is 0 Å². The van der Waals surface area contributed by atoms with Crippen LogP contribution in [0.15, 0.2) is 40.9 Å². The first-order valence-electron chi connectivity index (χ1n) is 9.79. The molecular formula is C21H23N5O4. The highest BCUT2D eigenvalue weighted by Crippen LogP contribution is 2.28. The molecule has 0 radical (unpaired) electrons. The zero-order valence-corrected chi connectivity index (χ0v) is 16.6. The van der Waals surface area contributed by atoms with Crippen molar-refractivity contribution >= 4 is 34.4 Å². The molecule has 0 unspecified atom stereocenters. The molecule has 1 aliphatic rings. The van der Waals surface area contributed by atoms with Gasteiger partial charge in [-0.15, -0.1) is 0 Å². The molecule has 4 rings (SSSR count). The number of hydrogen-bond acceptors (Lipinski definition) is 7. The summed E-state index contributed by atoms with van der Waals surface area (Å²) in [5.74, 6) is 1.63. The van der Waals surface area contributed by atoms with E-state index in [4.69, 9.17) is 20.0 Å². The van der Waals surface area contributed by atoms with E-state index < -0.39 is 0 Å². The predicted octanol–water partition coefficient (Wildman–Crippen LogP) is 2.25. The molecule has 1 aromatic carbocycles. The highest BCUT2D eigenvalue weighted by Gasteiger charge is 2.24. The number of para-hydroxylation sites is 1. The molecule has 0 atom stereocenters. The van der Waals surface area contributed by atoms with E-state index in [0.29, 0.717) is 35.9 Å². The molecular weight excluding hydrogens is 386 g/mol. The van der Waals surface area contributed by atoms with E-state index in [0.717, 1.165) is 24.0 Å². The summed E-state index contributed by atoms with van der Waals surface area (Å²) in [5.41, 5.74) is 6.10. The van der Waals surface area contributed by atoms with Crippen LogP contribution in [-0.4, -0.2) is 41.7 Å². The summed E-state index contributed by atoms with van der Waals surface area (Å²) in [6.45, 7) is 3.00. The normalized spacial score (nSPS) is 14.6. The largest absolute Gasteiger partial charge is 0.481 e. The quantitative estimate of drug-likeness (QED) is 0.640. The summed E-state index contributed by atoms with van der Waals surface area (Å²) >= 11 is 0. The van der Waals surface area contributed by atoms with Gasteiger partial charge in [-0.1, -0.05) is 17.3 Å². The molecule has 3 aromatic rings. The maximum absolute atomic E-state index is 12.1. The topological polar surface area (TPSA) is 124 Å². The molecule has 30 heavy (non-hydrogen) atoms. The molecule has 2 aromatic heterocycles. The molecule has 3 heterocycles. The first kappa shape index (κ1) is 19.7. The molecule has 0 spiro atoms. The van der Waals surface area contributed by atoms with Crippen molar-refractivity contribution in [2.24, 2.45) is 11.7 Å². The molecule has 156 valence electrons. The second kappa shape index (κ2) is 8.40. The van der Waals surface area contributed by atoms with E-state index in [1.807, 2.05) is 24.3 Å².